The lowest BCUT2D eigenvalue weighted by Gasteiger charge is -2.33. The molecule has 7 nitrogen and oxygen atoms in total. The summed E-state index contributed by atoms with van der Waals surface area (Å²) in [5, 5.41) is 12.8. The van der Waals surface area contributed by atoms with Crippen molar-refractivity contribution in [1.29, 1.82) is 0 Å². The van der Waals surface area contributed by atoms with Gasteiger partial charge in [0.25, 0.3) is 0 Å². The number of piperazine rings is 1. The van der Waals surface area contributed by atoms with Gasteiger partial charge in [0.1, 0.15) is 26.2 Å². The summed E-state index contributed by atoms with van der Waals surface area (Å²) in [6, 6.07) is 9.04. The first-order valence-corrected chi connectivity index (χ1v) is 9.81. The van der Waals surface area contributed by atoms with E-state index in [9.17, 15) is 0 Å². The van der Waals surface area contributed by atoms with Crippen molar-refractivity contribution in [2.24, 2.45) is 0 Å². The Morgan fingerprint density at radius 3 is 2.65 bits per heavy atom. The molecule has 0 aliphatic carbocycles. The molecule has 140 valence electrons. The Balaban J connectivity index is 1.64. The molecule has 0 amide bonds. The van der Waals surface area contributed by atoms with E-state index in [1.54, 1.807) is 9.80 Å². The van der Waals surface area contributed by atoms with Gasteiger partial charge in [-0.05, 0) is 30.2 Å². The molecule has 0 spiro atoms. The highest BCUT2D eigenvalue weighted by molar-refractivity contribution is 5.26. The Hall–Kier alpha value is -1.83. The van der Waals surface area contributed by atoms with Crippen LogP contribution in [-0.4, -0.2) is 66.1 Å². The maximum atomic E-state index is 5.82. The standard InChI is InChI=1S/C19H28N6O/c1-15-5-7-16(8-6-15)18(24-11-9-23(2)10-12-24)19-20-21-22-25(19)14-17-4-3-13-26-17/h5-8,17-18H,3-4,9-14H2,1-2H3/p+2/t17-,18-/m1/s1. The largest absolute Gasteiger partial charge is 0.376 e. The monoisotopic (exact) mass is 358 g/mol. The summed E-state index contributed by atoms with van der Waals surface area (Å²) in [6.07, 6.45) is 2.47. The van der Waals surface area contributed by atoms with Crippen molar-refractivity contribution in [2.45, 2.75) is 38.5 Å². The second kappa shape index (κ2) is 7.82. The fraction of sp³-hybridized carbons (Fsp3) is 0.632. The van der Waals surface area contributed by atoms with Crippen LogP contribution >= 0.6 is 0 Å². The second-order valence-corrected chi connectivity index (χ2v) is 7.81. The lowest BCUT2D eigenvalue weighted by molar-refractivity contribution is -1.02. The summed E-state index contributed by atoms with van der Waals surface area (Å²) in [5.74, 6) is 0.971. The predicted molar refractivity (Wildman–Crippen MR) is 97.1 cm³/mol. The number of hydrogen-bond donors (Lipinski definition) is 2. The van der Waals surface area contributed by atoms with E-state index in [0.717, 1.165) is 44.9 Å². The van der Waals surface area contributed by atoms with Gasteiger partial charge >= 0.3 is 0 Å². The van der Waals surface area contributed by atoms with Crippen LogP contribution in [0.5, 0.6) is 0 Å². The van der Waals surface area contributed by atoms with Crippen molar-refractivity contribution in [2.75, 3.05) is 39.8 Å². The van der Waals surface area contributed by atoms with Crippen molar-refractivity contribution in [3.63, 3.8) is 0 Å². The van der Waals surface area contributed by atoms with Gasteiger partial charge in [-0.25, -0.2) is 4.68 Å². The minimum absolute atomic E-state index is 0.181. The average Bonchev–Trinajstić information content (AvgIpc) is 3.32. The zero-order valence-corrected chi connectivity index (χ0v) is 15.8. The van der Waals surface area contributed by atoms with Gasteiger partial charge < -0.3 is 14.5 Å². The van der Waals surface area contributed by atoms with E-state index >= 15 is 0 Å². The molecule has 3 heterocycles. The minimum atomic E-state index is 0.181. The maximum Gasteiger partial charge on any atom is 0.214 e. The number of quaternary nitrogens is 2. The Morgan fingerprint density at radius 2 is 1.96 bits per heavy atom. The average molecular weight is 358 g/mol. The van der Waals surface area contributed by atoms with Crippen molar-refractivity contribution in [1.82, 2.24) is 20.2 Å². The van der Waals surface area contributed by atoms with Crippen LogP contribution in [0.15, 0.2) is 24.3 Å². The third-order valence-electron chi connectivity index (χ3n) is 5.78. The van der Waals surface area contributed by atoms with Gasteiger partial charge in [0, 0.05) is 12.2 Å². The molecule has 1 aromatic heterocycles. The lowest BCUT2D eigenvalue weighted by atomic mass is 10.0. The molecule has 7 heteroatoms. The molecule has 4 rings (SSSR count). The number of ether oxygens (including phenoxy) is 1. The number of nitrogens with zero attached hydrogens (tertiary/aromatic N) is 4. The minimum Gasteiger partial charge on any atom is -0.376 e. The first kappa shape index (κ1) is 17.6. The number of rotatable bonds is 5. The zero-order valence-electron chi connectivity index (χ0n) is 15.8. The molecule has 0 radical (unpaired) electrons. The van der Waals surface area contributed by atoms with E-state index in [0.29, 0.717) is 0 Å². The van der Waals surface area contributed by atoms with Crippen molar-refractivity contribution in [3.8, 4) is 0 Å². The highest BCUT2D eigenvalue weighted by Crippen LogP contribution is 2.20. The highest BCUT2D eigenvalue weighted by atomic mass is 16.5. The Labute approximate surface area is 154 Å². The van der Waals surface area contributed by atoms with Gasteiger partial charge in [-0.2, -0.15) is 0 Å². The number of nitrogens with one attached hydrogen (secondary N) is 2. The highest BCUT2D eigenvalue weighted by Gasteiger charge is 2.35. The third-order valence-corrected chi connectivity index (χ3v) is 5.78. The Morgan fingerprint density at radius 1 is 1.19 bits per heavy atom. The summed E-state index contributed by atoms with van der Waals surface area (Å²) in [5.41, 5.74) is 2.58. The van der Waals surface area contributed by atoms with Crippen molar-refractivity contribution < 1.29 is 14.5 Å². The molecule has 26 heavy (non-hydrogen) atoms. The molecule has 2 aromatic rings. The summed E-state index contributed by atoms with van der Waals surface area (Å²) in [4.78, 5) is 3.16. The smallest absolute Gasteiger partial charge is 0.214 e. The van der Waals surface area contributed by atoms with Crippen molar-refractivity contribution >= 4 is 0 Å². The van der Waals surface area contributed by atoms with E-state index in [4.69, 9.17) is 4.74 Å². The van der Waals surface area contributed by atoms with Crippen LogP contribution in [0.1, 0.15) is 35.8 Å². The first-order valence-electron chi connectivity index (χ1n) is 9.81. The molecule has 2 saturated heterocycles. The summed E-state index contributed by atoms with van der Waals surface area (Å²) < 4.78 is 7.80. The van der Waals surface area contributed by atoms with Crippen LogP contribution in [0.4, 0.5) is 0 Å². The van der Waals surface area contributed by atoms with Gasteiger partial charge in [-0.3, -0.25) is 0 Å². The number of aryl methyl sites for hydroxylation is 1. The Kier molecular flexibility index (Phi) is 5.28. The normalized spacial score (nSPS) is 27.5. The van der Waals surface area contributed by atoms with Crippen LogP contribution in [0, 0.1) is 6.92 Å². The number of aromatic nitrogens is 4. The molecule has 2 aliphatic heterocycles. The lowest BCUT2D eigenvalue weighted by Crippen LogP contribution is -3.27. The van der Waals surface area contributed by atoms with Crippen LogP contribution in [0.25, 0.3) is 0 Å². The fourth-order valence-corrected chi connectivity index (χ4v) is 4.14. The van der Waals surface area contributed by atoms with E-state index < -0.39 is 0 Å². The zero-order chi connectivity index (χ0) is 17.9. The van der Waals surface area contributed by atoms with Gasteiger partial charge in [-0.1, -0.05) is 29.8 Å². The quantitative estimate of drug-likeness (QED) is 0.695. The molecule has 2 atom stereocenters. The maximum absolute atomic E-state index is 5.82. The number of benzene rings is 1. The SMILES string of the molecule is Cc1ccc([C@H](c2nnnn2C[C@H]2CCCO2)[NH+]2CC[NH+](C)CC2)cc1. The van der Waals surface area contributed by atoms with E-state index in [1.165, 1.54) is 24.2 Å². The molecule has 0 saturated carbocycles. The summed E-state index contributed by atoms with van der Waals surface area (Å²) >= 11 is 0. The van der Waals surface area contributed by atoms with E-state index in [2.05, 4.69) is 53.8 Å². The van der Waals surface area contributed by atoms with Crippen molar-refractivity contribution in [3.05, 3.63) is 41.2 Å². The van der Waals surface area contributed by atoms with Crippen LogP contribution in [0.2, 0.25) is 0 Å². The van der Waals surface area contributed by atoms with Gasteiger partial charge in [0.05, 0.1) is 19.7 Å². The van der Waals surface area contributed by atoms with Crippen LogP contribution in [0.3, 0.4) is 0 Å². The topological polar surface area (TPSA) is 61.7 Å². The van der Waals surface area contributed by atoms with Gasteiger partial charge in [0.2, 0.25) is 5.82 Å². The molecule has 2 aliphatic rings. The van der Waals surface area contributed by atoms with Crippen LogP contribution in [-0.2, 0) is 11.3 Å². The molecule has 2 fully saturated rings. The molecular weight excluding hydrogens is 328 g/mol. The van der Waals surface area contributed by atoms with E-state index in [1.807, 2.05) is 4.68 Å². The van der Waals surface area contributed by atoms with Gasteiger partial charge in [-0.15, -0.1) is 5.10 Å². The molecule has 2 N–H and O–H groups in total. The molecule has 0 bridgehead atoms. The predicted octanol–water partition coefficient (Wildman–Crippen LogP) is -1.34. The second-order valence-electron chi connectivity index (χ2n) is 7.81. The van der Waals surface area contributed by atoms with E-state index in [-0.39, 0.29) is 12.1 Å². The Bertz CT molecular complexity index is 701. The number of likely N-dealkylation sites (N-methyl/N-ethyl adjacent to an activating group) is 1. The van der Waals surface area contributed by atoms with Gasteiger partial charge in [0.15, 0.2) is 6.04 Å². The fourth-order valence-electron chi connectivity index (χ4n) is 4.14. The summed E-state index contributed by atoms with van der Waals surface area (Å²) in [7, 11) is 2.28. The first-order chi connectivity index (χ1) is 12.7. The number of tetrazole rings is 1. The summed E-state index contributed by atoms with van der Waals surface area (Å²) in [6.45, 7) is 8.38. The molecular formula is C19H30N6O+2. The molecule has 1 aromatic carbocycles. The molecule has 0 unspecified atom stereocenters. The number of hydrogen-bond acceptors (Lipinski definition) is 4. The van der Waals surface area contributed by atoms with Crippen LogP contribution < -0.4 is 9.80 Å². The third kappa shape index (κ3) is 3.79.